The van der Waals surface area contributed by atoms with Gasteiger partial charge in [-0.15, -0.1) is 0 Å². The lowest BCUT2D eigenvalue weighted by Gasteiger charge is -2.16. The molecule has 0 radical (unpaired) electrons. The standard InChI is InChI=1S/C5H6F3O6P/c6-5(7,8)2-13-15(10,11)3-1-12-4(9)14-3/h3H,1-2H2,(H,10,11). The molecule has 0 aromatic rings. The van der Waals surface area contributed by atoms with Gasteiger partial charge in [0.2, 0.25) is 5.85 Å². The molecule has 0 aromatic heterocycles. The van der Waals surface area contributed by atoms with E-state index in [1.807, 2.05) is 0 Å². The van der Waals surface area contributed by atoms with Gasteiger partial charge < -0.3 is 14.4 Å². The normalized spacial score (nSPS) is 25.6. The Labute approximate surface area is 81.4 Å². The van der Waals surface area contributed by atoms with Crippen molar-refractivity contribution in [3.05, 3.63) is 0 Å². The number of rotatable bonds is 3. The van der Waals surface area contributed by atoms with Gasteiger partial charge >= 0.3 is 19.9 Å². The third kappa shape index (κ3) is 3.69. The molecule has 2 atom stereocenters. The van der Waals surface area contributed by atoms with E-state index in [1.165, 1.54) is 0 Å². The fourth-order valence-corrected chi connectivity index (χ4v) is 1.71. The van der Waals surface area contributed by atoms with Crippen molar-refractivity contribution in [1.29, 1.82) is 0 Å². The molecule has 1 fully saturated rings. The summed E-state index contributed by atoms with van der Waals surface area (Å²) < 4.78 is 58.1. The predicted octanol–water partition coefficient (Wildman–Crippen LogP) is 1.24. The fourth-order valence-electron chi connectivity index (χ4n) is 0.728. The molecule has 1 N–H and O–H groups in total. The summed E-state index contributed by atoms with van der Waals surface area (Å²) in [6.07, 6.45) is -5.95. The first-order chi connectivity index (χ1) is 6.71. The van der Waals surface area contributed by atoms with E-state index in [2.05, 4.69) is 14.0 Å². The van der Waals surface area contributed by atoms with Crippen LogP contribution in [0, 0.1) is 0 Å². The molecule has 2 unspecified atom stereocenters. The van der Waals surface area contributed by atoms with Gasteiger partial charge in [-0.2, -0.15) is 13.2 Å². The van der Waals surface area contributed by atoms with Gasteiger partial charge in [-0.1, -0.05) is 0 Å². The zero-order valence-corrected chi connectivity index (χ0v) is 7.96. The van der Waals surface area contributed by atoms with E-state index in [1.54, 1.807) is 0 Å². The minimum Gasteiger partial charge on any atom is -0.430 e. The Morgan fingerprint density at radius 3 is 2.60 bits per heavy atom. The average molecular weight is 250 g/mol. The lowest BCUT2D eigenvalue weighted by atomic mass is 10.7. The molecule has 1 aliphatic heterocycles. The second-order valence-corrected chi connectivity index (χ2v) is 4.55. The van der Waals surface area contributed by atoms with Crippen LogP contribution in [0.4, 0.5) is 18.0 Å². The van der Waals surface area contributed by atoms with Gasteiger partial charge in [-0.3, -0.25) is 9.09 Å². The second-order valence-electron chi connectivity index (χ2n) is 2.59. The average Bonchev–Trinajstić information content (AvgIpc) is 2.48. The molecule has 1 rings (SSSR count). The smallest absolute Gasteiger partial charge is 0.430 e. The second kappa shape index (κ2) is 3.99. The molecule has 0 saturated carbocycles. The highest BCUT2D eigenvalue weighted by molar-refractivity contribution is 7.53. The van der Waals surface area contributed by atoms with Crippen LogP contribution in [0.25, 0.3) is 0 Å². The van der Waals surface area contributed by atoms with E-state index in [0.717, 1.165) is 0 Å². The number of carbonyl (C=O) groups is 1. The third-order valence-corrected chi connectivity index (χ3v) is 2.83. The van der Waals surface area contributed by atoms with Crippen molar-refractivity contribution >= 4 is 13.8 Å². The van der Waals surface area contributed by atoms with Crippen molar-refractivity contribution in [2.75, 3.05) is 13.2 Å². The van der Waals surface area contributed by atoms with E-state index in [4.69, 9.17) is 4.89 Å². The molecule has 1 heterocycles. The lowest BCUT2D eigenvalue weighted by molar-refractivity contribution is -0.155. The van der Waals surface area contributed by atoms with Crippen LogP contribution >= 0.6 is 7.60 Å². The van der Waals surface area contributed by atoms with Crippen LogP contribution in [-0.4, -0.2) is 36.3 Å². The van der Waals surface area contributed by atoms with Crippen molar-refractivity contribution in [3.63, 3.8) is 0 Å². The quantitative estimate of drug-likeness (QED) is 0.599. The highest BCUT2D eigenvalue weighted by Crippen LogP contribution is 2.50. The molecule has 88 valence electrons. The van der Waals surface area contributed by atoms with Crippen LogP contribution in [-0.2, 0) is 18.6 Å². The molecule has 6 nitrogen and oxygen atoms in total. The Morgan fingerprint density at radius 1 is 1.60 bits per heavy atom. The summed E-state index contributed by atoms with van der Waals surface area (Å²) in [6, 6.07) is 0. The Balaban J connectivity index is 2.52. The van der Waals surface area contributed by atoms with Gasteiger partial charge in [0.15, 0.2) is 6.61 Å². The van der Waals surface area contributed by atoms with Gasteiger partial charge in [0.1, 0.15) is 6.61 Å². The predicted molar refractivity (Wildman–Crippen MR) is 38.1 cm³/mol. The minimum absolute atomic E-state index is 0.607. The Hall–Kier alpha value is -0.790. The number of halogens is 3. The van der Waals surface area contributed by atoms with Gasteiger partial charge in [-0.25, -0.2) is 4.79 Å². The molecule has 0 aromatic carbocycles. The van der Waals surface area contributed by atoms with Crippen LogP contribution in [0.5, 0.6) is 0 Å². The van der Waals surface area contributed by atoms with E-state index in [9.17, 15) is 22.5 Å². The van der Waals surface area contributed by atoms with Gasteiger partial charge in [0, 0.05) is 0 Å². The number of carbonyl (C=O) groups excluding carboxylic acids is 1. The van der Waals surface area contributed by atoms with Gasteiger partial charge in [0.25, 0.3) is 0 Å². The topological polar surface area (TPSA) is 82.1 Å². The molecule has 1 saturated heterocycles. The molecule has 1 aliphatic rings. The fraction of sp³-hybridized carbons (Fsp3) is 0.800. The molecule has 0 amide bonds. The summed E-state index contributed by atoms with van der Waals surface area (Å²) in [5.74, 6) is -1.70. The van der Waals surface area contributed by atoms with Crippen molar-refractivity contribution in [1.82, 2.24) is 0 Å². The number of hydrogen-bond donors (Lipinski definition) is 1. The van der Waals surface area contributed by atoms with Crippen molar-refractivity contribution in [3.8, 4) is 0 Å². The molecule has 15 heavy (non-hydrogen) atoms. The van der Waals surface area contributed by atoms with Crippen molar-refractivity contribution < 1.29 is 41.4 Å². The van der Waals surface area contributed by atoms with Gasteiger partial charge in [-0.05, 0) is 0 Å². The van der Waals surface area contributed by atoms with Crippen LogP contribution in [0.1, 0.15) is 0 Å². The van der Waals surface area contributed by atoms with Crippen LogP contribution in [0.15, 0.2) is 0 Å². The SMILES string of the molecule is O=C1OCC(P(=O)(O)OCC(F)(F)F)O1. The molecule has 0 spiro atoms. The van der Waals surface area contributed by atoms with Crippen molar-refractivity contribution in [2.45, 2.75) is 12.0 Å². The first kappa shape index (κ1) is 12.3. The third-order valence-electron chi connectivity index (χ3n) is 1.35. The number of hydrogen-bond acceptors (Lipinski definition) is 5. The van der Waals surface area contributed by atoms with E-state index < -0.39 is 39.0 Å². The molecule has 0 aliphatic carbocycles. The Morgan fingerprint density at radius 2 is 2.20 bits per heavy atom. The number of alkyl halides is 3. The Bertz CT molecular complexity index is 302. The minimum atomic E-state index is -4.73. The van der Waals surface area contributed by atoms with Crippen LogP contribution < -0.4 is 0 Å². The molecule has 0 bridgehead atoms. The van der Waals surface area contributed by atoms with Crippen molar-refractivity contribution in [2.24, 2.45) is 0 Å². The monoisotopic (exact) mass is 250 g/mol. The highest BCUT2D eigenvalue weighted by Gasteiger charge is 2.44. The first-order valence-corrected chi connectivity index (χ1v) is 5.22. The lowest BCUT2D eigenvalue weighted by Crippen LogP contribution is -2.20. The summed E-state index contributed by atoms with van der Waals surface area (Å²) in [4.78, 5) is 19.3. The zero-order valence-electron chi connectivity index (χ0n) is 7.06. The summed E-state index contributed by atoms with van der Waals surface area (Å²) in [6.45, 7) is -2.50. The maximum absolute atomic E-state index is 11.7. The van der Waals surface area contributed by atoms with Crippen LogP contribution in [0.3, 0.4) is 0 Å². The van der Waals surface area contributed by atoms with E-state index in [0.29, 0.717) is 0 Å². The summed E-state index contributed by atoms with van der Waals surface area (Å²) in [5.41, 5.74) is 0. The number of ether oxygens (including phenoxy) is 2. The first-order valence-electron chi connectivity index (χ1n) is 3.58. The zero-order chi connectivity index (χ0) is 11.7. The summed E-state index contributed by atoms with van der Waals surface area (Å²) in [7, 11) is -4.66. The molecular formula is C5H6F3O6P. The maximum Gasteiger partial charge on any atom is 0.509 e. The molecule has 10 heteroatoms. The van der Waals surface area contributed by atoms with E-state index >= 15 is 0 Å². The largest absolute Gasteiger partial charge is 0.509 e. The number of cyclic esters (lactones) is 2. The van der Waals surface area contributed by atoms with Gasteiger partial charge in [0.05, 0.1) is 0 Å². The van der Waals surface area contributed by atoms with Crippen LogP contribution in [0.2, 0.25) is 0 Å². The summed E-state index contributed by atoms with van der Waals surface area (Å²) >= 11 is 0. The molecular weight excluding hydrogens is 244 g/mol. The highest BCUT2D eigenvalue weighted by atomic mass is 31.2. The Kier molecular flexibility index (Phi) is 3.27. The summed E-state index contributed by atoms with van der Waals surface area (Å²) in [5, 5.41) is 0. The maximum atomic E-state index is 11.7. The van der Waals surface area contributed by atoms with E-state index in [-0.39, 0.29) is 0 Å².